The van der Waals surface area contributed by atoms with Crippen LogP contribution in [0.3, 0.4) is 0 Å². The third kappa shape index (κ3) is 2.83. The van der Waals surface area contributed by atoms with E-state index in [1.54, 1.807) is 0 Å². The Labute approximate surface area is 184 Å². The minimum absolute atomic E-state index is 0.0699. The quantitative estimate of drug-likeness (QED) is 0.488. The number of rotatable bonds is 4. The predicted octanol–water partition coefficient (Wildman–Crippen LogP) is 6.07. The van der Waals surface area contributed by atoms with Crippen LogP contribution in [0.5, 0.6) is 0 Å². The molecule has 1 aliphatic carbocycles. The first-order valence-electron chi connectivity index (χ1n) is 11.3. The molecule has 31 heavy (non-hydrogen) atoms. The number of nitrogens with zero attached hydrogens (tertiary/aromatic N) is 1. The molecule has 0 N–H and O–H groups in total. The van der Waals surface area contributed by atoms with Gasteiger partial charge in [-0.05, 0) is 60.1 Å². The van der Waals surface area contributed by atoms with Crippen LogP contribution in [0.2, 0.25) is 0 Å². The highest BCUT2D eigenvalue weighted by Gasteiger charge is 2.46. The lowest BCUT2D eigenvalue weighted by atomic mass is 9.75. The maximum Gasteiger partial charge on any atom is 0.355 e. The molecule has 1 atom stereocenters. The van der Waals surface area contributed by atoms with Gasteiger partial charge in [-0.3, -0.25) is 0 Å². The minimum atomic E-state index is -0.212. The Morgan fingerprint density at radius 1 is 1.06 bits per heavy atom. The lowest BCUT2D eigenvalue weighted by Crippen LogP contribution is -2.31. The van der Waals surface area contributed by atoms with Crippen molar-refractivity contribution in [2.45, 2.75) is 47.1 Å². The van der Waals surface area contributed by atoms with Crippen molar-refractivity contribution in [3.05, 3.63) is 93.8 Å². The number of ether oxygens (including phenoxy) is 1. The van der Waals surface area contributed by atoms with Crippen molar-refractivity contribution < 1.29 is 9.53 Å². The van der Waals surface area contributed by atoms with E-state index in [9.17, 15) is 4.79 Å². The summed E-state index contributed by atoms with van der Waals surface area (Å²) in [4.78, 5) is 13.1. The summed E-state index contributed by atoms with van der Waals surface area (Å²) in [5.74, 6) is -0.212. The van der Waals surface area contributed by atoms with Crippen LogP contribution in [0.25, 0.3) is 11.1 Å². The molecule has 0 saturated heterocycles. The van der Waals surface area contributed by atoms with E-state index in [1.165, 1.54) is 39.1 Å². The van der Waals surface area contributed by atoms with Gasteiger partial charge in [0.1, 0.15) is 5.69 Å². The van der Waals surface area contributed by atoms with Gasteiger partial charge in [0.15, 0.2) is 0 Å². The summed E-state index contributed by atoms with van der Waals surface area (Å²) in [6.07, 6.45) is 1.86. The maximum absolute atomic E-state index is 13.1. The van der Waals surface area contributed by atoms with E-state index in [0.29, 0.717) is 6.61 Å². The molecule has 0 saturated carbocycles. The molecule has 3 nitrogen and oxygen atoms in total. The van der Waals surface area contributed by atoms with Gasteiger partial charge in [-0.25, -0.2) is 4.79 Å². The standard InChI is InChI=1S/C28H29NO2/c1-5-21-18(3)25(27(30)31-6-2)29-17-28(4)16-20-14-10-11-15-22(20)24(28)23(26(21)29)19-12-8-7-9-13-19/h7-15H,5-6,16-17H2,1-4H3. The number of hydrogen-bond donors (Lipinski definition) is 0. The molecule has 2 heterocycles. The van der Waals surface area contributed by atoms with Gasteiger partial charge in [0, 0.05) is 17.5 Å². The van der Waals surface area contributed by atoms with Gasteiger partial charge < -0.3 is 9.30 Å². The number of fused-ring (bicyclic) bond motifs is 4. The van der Waals surface area contributed by atoms with E-state index < -0.39 is 0 Å². The fourth-order valence-corrected chi connectivity index (χ4v) is 5.81. The molecule has 1 aromatic heterocycles. The van der Waals surface area contributed by atoms with Gasteiger partial charge in [0.05, 0.1) is 12.3 Å². The second kappa shape index (κ2) is 7.26. The average molecular weight is 412 g/mol. The van der Waals surface area contributed by atoms with Crippen molar-refractivity contribution in [1.82, 2.24) is 4.57 Å². The van der Waals surface area contributed by atoms with Crippen LogP contribution in [0.1, 0.15) is 64.8 Å². The van der Waals surface area contributed by atoms with Crippen LogP contribution in [0.15, 0.2) is 54.6 Å². The summed E-state index contributed by atoms with van der Waals surface area (Å²) in [7, 11) is 0. The number of aromatic nitrogens is 1. The molecule has 0 spiro atoms. The molecule has 2 aromatic carbocycles. The van der Waals surface area contributed by atoms with E-state index in [2.05, 4.69) is 79.9 Å². The topological polar surface area (TPSA) is 31.2 Å². The molecule has 3 aromatic rings. The monoisotopic (exact) mass is 411 g/mol. The highest BCUT2D eigenvalue weighted by molar-refractivity contribution is 6.05. The summed E-state index contributed by atoms with van der Waals surface area (Å²) < 4.78 is 7.77. The molecule has 2 aliphatic rings. The van der Waals surface area contributed by atoms with Crippen LogP contribution in [-0.2, 0) is 24.1 Å². The van der Waals surface area contributed by atoms with Crippen LogP contribution in [-0.4, -0.2) is 17.1 Å². The van der Waals surface area contributed by atoms with Crippen LogP contribution < -0.4 is 0 Å². The van der Waals surface area contributed by atoms with Crippen molar-refractivity contribution in [3.8, 4) is 0 Å². The summed E-state index contributed by atoms with van der Waals surface area (Å²) in [5.41, 5.74) is 10.8. The summed E-state index contributed by atoms with van der Waals surface area (Å²) in [5, 5.41) is 0. The predicted molar refractivity (Wildman–Crippen MR) is 125 cm³/mol. The smallest absolute Gasteiger partial charge is 0.355 e. The van der Waals surface area contributed by atoms with E-state index >= 15 is 0 Å². The first-order chi connectivity index (χ1) is 15.0. The molecule has 1 unspecified atom stereocenters. The van der Waals surface area contributed by atoms with Gasteiger partial charge in [-0.1, -0.05) is 68.4 Å². The molecule has 158 valence electrons. The third-order valence-electron chi connectivity index (χ3n) is 6.98. The lowest BCUT2D eigenvalue weighted by Gasteiger charge is -2.36. The number of allylic oxidation sites excluding steroid dienone is 1. The molecule has 0 bridgehead atoms. The first kappa shape index (κ1) is 19.9. The Morgan fingerprint density at radius 2 is 1.77 bits per heavy atom. The Morgan fingerprint density at radius 3 is 2.48 bits per heavy atom. The Kier molecular flexibility index (Phi) is 4.65. The number of carbonyl (C=O) groups is 1. The Balaban J connectivity index is 1.90. The molecular formula is C28H29NO2. The SMILES string of the molecule is CCOC(=O)c1c(C)c(CC)c2n1CC1(C)Cc3ccccc3C1=C2c1ccccc1. The van der Waals surface area contributed by atoms with E-state index in [0.717, 1.165) is 30.6 Å². The van der Waals surface area contributed by atoms with Gasteiger partial charge in [0.25, 0.3) is 0 Å². The van der Waals surface area contributed by atoms with Crippen molar-refractivity contribution in [1.29, 1.82) is 0 Å². The first-order valence-corrected chi connectivity index (χ1v) is 11.3. The molecule has 3 heteroatoms. The van der Waals surface area contributed by atoms with Gasteiger partial charge >= 0.3 is 5.97 Å². The highest BCUT2D eigenvalue weighted by Crippen LogP contribution is 2.56. The van der Waals surface area contributed by atoms with Crippen molar-refractivity contribution in [3.63, 3.8) is 0 Å². The third-order valence-corrected chi connectivity index (χ3v) is 6.98. The number of carbonyl (C=O) groups excluding carboxylic acids is 1. The van der Waals surface area contributed by atoms with Crippen molar-refractivity contribution in [2.24, 2.45) is 5.41 Å². The molecule has 0 radical (unpaired) electrons. The zero-order valence-corrected chi connectivity index (χ0v) is 18.8. The van der Waals surface area contributed by atoms with E-state index in [1.807, 2.05) is 6.92 Å². The van der Waals surface area contributed by atoms with Crippen LogP contribution in [0, 0.1) is 12.3 Å². The average Bonchev–Trinajstić information content (AvgIpc) is 3.21. The van der Waals surface area contributed by atoms with Gasteiger partial charge in [-0.2, -0.15) is 0 Å². The largest absolute Gasteiger partial charge is 0.461 e. The maximum atomic E-state index is 13.1. The summed E-state index contributed by atoms with van der Waals surface area (Å²) >= 11 is 0. The Hall–Kier alpha value is -3.07. The van der Waals surface area contributed by atoms with E-state index in [4.69, 9.17) is 4.74 Å². The minimum Gasteiger partial charge on any atom is -0.461 e. The molecular weight excluding hydrogens is 382 g/mol. The summed E-state index contributed by atoms with van der Waals surface area (Å²) in [6, 6.07) is 19.5. The van der Waals surface area contributed by atoms with Crippen LogP contribution >= 0.6 is 0 Å². The number of benzene rings is 2. The fourth-order valence-electron chi connectivity index (χ4n) is 5.81. The normalized spacial score (nSPS) is 19.1. The zero-order valence-electron chi connectivity index (χ0n) is 18.8. The van der Waals surface area contributed by atoms with Crippen molar-refractivity contribution >= 4 is 17.1 Å². The molecule has 1 aliphatic heterocycles. The lowest BCUT2D eigenvalue weighted by molar-refractivity contribution is 0.0510. The van der Waals surface area contributed by atoms with Gasteiger partial charge in [-0.15, -0.1) is 0 Å². The molecule has 5 rings (SSSR count). The van der Waals surface area contributed by atoms with Crippen LogP contribution in [0.4, 0.5) is 0 Å². The number of hydrogen-bond acceptors (Lipinski definition) is 2. The fraction of sp³-hybridized carbons (Fsp3) is 0.321. The molecule has 0 fully saturated rings. The number of esters is 1. The second-order valence-electron chi connectivity index (χ2n) is 8.97. The van der Waals surface area contributed by atoms with Crippen molar-refractivity contribution in [2.75, 3.05) is 6.61 Å². The second-order valence-corrected chi connectivity index (χ2v) is 8.97. The highest BCUT2D eigenvalue weighted by atomic mass is 16.5. The Bertz CT molecular complexity index is 1220. The van der Waals surface area contributed by atoms with E-state index in [-0.39, 0.29) is 11.4 Å². The summed E-state index contributed by atoms with van der Waals surface area (Å²) in [6.45, 7) is 9.66. The van der Waals surface area contributed by atoms with Gasteiger partial charge in [0.2, 0.25) is 0 Å². The zero-order chi connectivity index (χ0) is 21.8. The molecule has 0 amide bonds.